The van der Waals surface area contributed by atoms with E-state index >= 15 is 0 Å². The van der Waals surface area contributed by atoms with Crippen LogP contribution in [0.5, 0.6) is 0 Å². The minimum absolute atomic E-state index is 0. The van der Waals surface area contributed by atoms with Gasteiger partial charge in [-0.1, -0.05) is 429 Å². The molecule has 10 heteroatoms. The molecular formula is C123H221BN2NaO6. The molecule has 0 aliphatic rings. The number of unbranched alkanes of at least 4 members (excludes halogenated alkanes) is 45. The maximum atomic E-state index is 12.5. The number of allylic oxidation sites excluding steroid dienone is 30. The summed E-state index contributed by atoms with van der Waals surface area (Å²) in [4.78, 5) is 38.7. The van der Waals surface area contributed by atoms with E-state index in [1.165, 1.54) is 334 Å². The van der Waals surface area contributed by atoms with Crippen LogP contribution in [-0.2, 0) is 19.1 Å². The number of Topliss-reactive ketones (excluding diaryl/α,β-unsaturated/α-hetero) is 1. The van der Waals surface area contributed by atoms with Crippen molar-refractivity contribution in [2.24, 2.45) is 0 Å². The van der Waals surface area contributed by atoms with E-state index in [0.717, 1.165) is 154 Å². The van der Waals surface area contributed by atoms with Gasteiger partial charge >= 0.3 is 41.5 Å². The van der Waals surface area contributed by atoms with Crippen LogP contribution >= 0.6 is 0 Å². The molecule has 0 fully saturated rings. The Hall–Kier alpha value is -4.35. The largest absolute Gasteiger partial charge is 1.00 e. The maximum Gasteiger partial charge on any atom is 1.00 e. The van der Waals surface area contributed by atoms with E-state index in [1.54, 1.807) is 0 Å². The van der Waals surface area contributed by atoms with Crippen molar-refractivity contribution in [1.82, 2.24) is 9.80 Å². The van der Waals surface area contributed by atoms with Gasteiger partial charge in [0, 0.05) is 34.1 Å². The summed E-state index contributed by atoms with van der Waals surface area (Å²) < 4.78 is 6.00. The van der Waals surface area contributed by atoms with Gasteiger partial charge in [-0.05, 0) is 298 Å². The molecule has 0 rings (SSSR count). The second kappa shape index (κ2) is 130. The molecule has 0 aliphatic carbocycles. The monoisotopic (exact) mass is 1860 g/mol. The van der Waals surface area contributed by atoms with E-state index in [-0.39, 0.29) is 64.0 Å². The molecule has 8 nitrogen and oxygen atoms in total. The Kier molecular flexibility index (Phi) is 136. The van der Waals surface area contributed by atoms with Crippen LogP contribution in [0.25, 0.3) is 0 Å². The number of aliphatic hydroxyl groups is 1. The number of hydrogen-bond donors (Lipinski definition) is 2. The van der Waals surface area contributed by atoms with Crippen LogP contribution in [0.4, 0.5) is 0 Å². The second-order valence-electron chi connectivity index (χ2n) is 37.5. The molecule has 0 heterocycles. The Balaban J connectivity index is -0.000000342. The van der Waals surface area contributed by atoms with Gasteiger partial charge in [0.25, 0.3) is 0 Å². The normalized spacial score (nSPS) is 12.6. The zero-order chi connectivity index (χ0) is 96.1. The molecular weight excluding hydrogens is 1640 g/mol. The first-order chi connectivity index (χ1) is 64.3. The zero-order valence-corrected chi connectivity index (χ0v) is 92.1. The molecule has 0 aromatic carbocycles. The molecule has 2 unspecified atom stereocenters. The zero-order valence-electron chi connectivity index (χ0n) is 91.1. The molecule has 3 radical (unpaired) electrons. The van der Waals surface area contributed by atoms with Crippen LogP contribution in [-0.4, -0.2) is 99.6 Å². The summed E-state index contributed by atoms with van der Waals surface area (Å²) in [5, 5.41) is 18.5. The van der Waals surface area contributed by atoms with Crippen molar-refractivity contribution in [3.8, 4) is 0 Å². The van der Waals surface area contributed by atoms with Crippen molar-refractivity contribution in [2.45, 2.75) is 542 Å². The van der Waals surface area contributed by atoms with Gasteiger partial charge in [-0.2, -0.15) is 0 Å². The Morgan fingerprint density at radius 1 is 0.248 bits per heavy atom. The summed E-state index contributed by atoms with van der Waals surface area (Å²) in [6.45, 7) is 15.1. The molecule has 133 heavy (non-hydrogen) atoms. The fraction of sp³-hybridized carbons (Fsp3) is 0.732. The molecule has 0 bridgehead atoms. The number of aliphatic carboxylic acids is 1. The van der Waals surface area contributed by atoms with E-state index in [1.807, 2.05) is 19.0 Å². The fourth-order valence-electron chi connectivity index (χ4n) is 15.4. The number of carbonyl (C=O) groups is 3. The molecule has 0 amide bonds. The Morgan fingerprint density at radius 2 is 0.444 bits per heavy atom. The van der Waals surface area contributed by atoms with Gasteiger partial charge < -0.3 is 26.2 Å². The number of rotatable bonds is 96. The van der Waals surface area contributed by atoms with Crippen molar-refractivity contribution >= 4 is 26.1 Å². The second-order valence-corrected chi connectivity index (χ2v) is 37.5. The van der Waals surface area contributed by atoms with Gasteiger partial charge in [0.2, 0.25) is 0 Å². The minimum atomic E-state index is -0.711. The van der Waals surface area contributed by atoms with Crippen LogP contribution < -0.4 is 29.6 Å². The summed E-state index contributed by atoms with van der Waals surface area (Å²) in [6.07, 6.45) is 159. The summed E-state index contributed by atoms with van der Waals surface area (Å²) in [5.74, 6) is -0.212. The number of nitrogens with zero attached hydrogens (tertiary/aromatic N) is 2. The van der Waals surface area contributed by atoms with Crippen molar-refractivity contribution in [3.63, 3.8) is 0 Å². The van der Waals surface area contributed by atoms with Crippen LogP contribution in [0.3, 0.4) is 0 Å². The third-order valence-corrected chi connectivity index (χ3v) is 23.6. The molecule has 0 saturated carbocycles. The molecule has 0 aromatic heterocycles. The molecule has 0 saturated heterocycles. The van der Waals surface area contributed by atoms with E-state index in [9.17, 15) is 19.5 Å². The van der Waals surface area contributed by atoms with Crippen LogP contribution in [0.2, 0.25) is 0 Å². The van der Waals surface area contributed by atoms with Crippen molar-refractivity contribution in [2.75, 3.05) is 41.3 Å². The average molecular weight is 1860 g/mol. The van der Waals surface area contributed by atoms with E-state index in [0.29, 0.717) is 12.2 Å². The Bertz CT molecular complexity index is 2770. The quantitative estimate of drug-likeness (QED) is 0.0268. The number of aliphatic hydroxyl groups excluding tert-OH is 1. The topological polar surface area (TPSA) is 107 Å². The smallest absolute Gasteiger partial charge is 1.00 e. The number of carbonyl (C=O) groups excluding carboxylic acids is 2. The summed E-state index contributed by atoms with van der Waals surface area (Å²) in [5.41, 5.74) is 0. The third-order valence-electron chi connectivity index (χ3n) is 23.6. The van der Waals surface area contributed by atoms with Crippen molar-refractivity contribution < 1.29 is 60.3 Å². The fourth-order valence-corrected chi connectivity index (χ4v) is 15.4. The van der Waals surface area contributed by atoms with E-state index < -0.39 is 5.97 Å². The van der Waals surface area contributed by atoms with Crippen LogP contribution in [0.1, 0.15) is 531 Å². The first kappa shape index (κ1) is 139. The summed E-state index contributed by atoms with van der Waals surface area (Å²) in [6, 6.07) is 0. The molecule has 0 aromatic rings. The van der Waals surface area contributed by atoms with E-state index in [2.05, 4.69) is 243 Å². The number of carboxylic acid groups (broad SMARTS) is 1. The Morgan fingerprint density at radius 3 is 0.669 bits per heavy atom. The van der Waals surface area contributed by atoms with Gasteiger partial charge in [-0.25, -0.2) is 0 Å². The number of esters is 1. The van der Waals surface area contributed by atoms with Crippen molar-refractivity contribution in [1.29, 1.82) is 0 Å². The van der Waals surface area contributed by atoms with Gasteiger partial charge in [0.05, 0.1) is 6.10 Å². The Labute approximate surface area is 855 Å². The summed E-state index contributed by atoms with van der Waals surface area (Å²) in [7, 11) is 7.98. The molecule has 0 spiro atoms. The van der Waals surface area contributed by atoms with Gasteiger partial charge in [-0.15, -0.1) is 0 Å². The van der Waals surface area contributed by atoms with Crippen LogP contribution in [0, 0.1) is 0 Å². The predicted molar refractivity (Wildman–Crippen MR) is 595 cm³/mol. The van der Waals surface area contributed by atoms with Gasteiger partial charge in [0.1, 0.15) is 11.9 Å². The standard InChI is InChI=1S/C43H77NO2.C37H66O.C37H64O.C6H13NO2.B.Na.H/c1-5-7-9-11-13-15-17-19-21-23-25-27-29-31-33-35-38-42(46-43(45)40-37-41-44(3)4)39-36-34-32-30-28-26-24-22-20-18-16-14-12-10-8-6-2;2*1-3-5-7-9-11-13-15-17-19-21-23-25-27-29-31-33-35-37(38)36-34-32-30-28-26-24-22-20-18-16-14-12-10-8-6-4-2;1-7(2)5-3-4-6(8)9;;;/h7,9,13-16,19-22,42H,5-6,8,10-12,17-18,23-41H2,1-4H3;5,7,11-14,17-20,37-38H,3-4,6,8-10,15-16,21-36H2,1-2H3;5,7,11-14,17-20H,3-4,6,8-10,15-16,21-36H2,1-2H3;3-5H2,1-2H3,(H,8,9);;;/q;;;;;+1;-1/b9-7-,15-13-,16-14-,21-19-,22-20-;2*7-5-,13-11-,14-12-,19-17-,20-18-;;;;. The maximum absolute atomic E-state index is 12.5. The van der Waals surface area contributed by atoms with Crippen molar-refractivity contribution in [3.05, 3.63) is 182 Å². The number of ether oxygens (including phenoxy) is 1. The van der Waals surface area contributed by atoms with Crippen LogP contribution in [0.15, 0.2) is 182 Å². The average Bonchev–Trinajstić information content (AvgIpc) is 0.957. The molecule has 0 aliphatic heterocycles. The third kappa shape index (κ3) is 141. The van der Waals surface area contributed by atoms with Gasteiger partial charge in [-0.3, -0.25) is 14.4 Å². The predicted octanol–water partition coefficient (Wildman–Crippen LogP) is 35.8. The van der Waals surface area contributed by atoms with E-state index in [4.69, 9.17) is 9.84 Å². The molecule has 763 valence electrons. The summed E-state index contributed by atoms with van der Waals surface area (Å²) >= 11 is 0. The first-order valence-corrected chi connectivity index (χ1v) is 56.0. The van der Waals surface area contributed by atoms with Gasteiger partial charge in [0.15, 0.2) is 0 Å². The first-order valence-electron chi connectivity index (χ1n) is 56.0. The minimum Gasteiger partial charge on any atom is -1.00 e. The molecule has 2 atom stereocenters. The number of carboxylic acids is 1. The SMILES string of the molecule is CC/C=C\C/C=C\C/C=C\CCCCCCCCC(=O)CCCCCCCC/C=C\C/C=C\CCCCC.CC/C=C\C/C=C\C/C=C\CCCCCCCCC(CCCCCCCC/C=C\C/C=C\CCCCC)OC(=O)CCCN(C)C.CC/C=C\C/C=C\C/C=C\CCCCCCCCC(O)CCCCCCCC/C=C\C/C=C\CCCCC.CN(C)CCCC(=O)O.[B].[H-].[Na+]. The number of hydrogen-bond acceptors (Lipinski definition) is 7. The number of ketones is 1. The molecule has 2 N–H and O–H groups in total.